The Morgan fingerprint density at radius 3 is 2.38 bits per heavy atom. The number of hydrogen-bond donors (Lipinski definition) is 0. The third-order valence-electron chi connectivity index (χ3n) is 6.85. The second kappa shape index (κ2) is 9.86. The Kier molecular flexibility index (Phi) is 6.76. The highest BCUT2D eigenvalue weighted by Gasteiger charge is 2.32. The van der Waals surface area contributed by atoms with Crippen molar-refractivity contribution >= 4 is 15.7 Å². The summed E-state index contributed by atoms with van der Waals surface area (Å²) in [7, 11) is -3.40. The van der Waals surface area contributed by atoms with Gasteiger partial charge in [0.15, 0.2) is 0 Å². The first kappa shape index (κ1) is 25.3. The minimum absolute atomic E-state index is 0.0534. The highest BCUT2D eigenvalue weighted by atomic mass is 32.2. The average molecular weight is 531 g/mol. The molecule has 8 nitrogen and oxygen atoms in total. The van der Waals surface area contributed by atoms with Crippen molar-refractivity contribution in [1.29, 1.82) is 0 Å². The van der Waals surface area contributed by atoms with Crippen LogP contribution in [-0.2, 0) is 22.9 Å². The number of fused-ring (bicyclic) bond motifs is 1. The Bertz CT molecular complexity index is 1480. The van der Waals surface area contributed by atoms with Crippen molar-refractivity contribution in [2.75, 3.05) is 31.1 Å². The van der Waals surface area contributed by atoms with E-state index in [0.29, 0.717) is 31.6 Å². The summed E-state index contributed by atoms with van der Waals surface area (Å²) in [5, 5.41) is 3.76. The van der Waals surface area contributed by atoms with Gasteiger partial charge in [0.1, 0.15) is 23.4 Å². The molecule has 37 heavy (non-hydrogen) atoms. The molecule has 1 aromatic heterocycles. The fraction of sp³-hybridized carbons (Fsp3) is 0.385. The molecule has 1 saturated heterocycles. The average Bonchev–Trinajstić information content (AvgIpc) is 3.26. The molecule has 1 fully saturated rings. The van der Waals surface area contributed by atoms with Crippen molar-refractivity contribution < 1.29 is 21.9 Å². The van der Waals surface area contributed by atoms with Gasteiger partial charge in [-0.2, -0.15) is 14.1 Å². The fourth-order valence-corrected chi connectivity index (χ4v) is 6.10. The molecule has 11 heteroatoms. The Labute approximate surface area is 214 Å². The van der Waals surface area contributed by atoms with Crippen molar-refractivity contribution in [3.63, 3.8) is 0 Å². The highest BCUT2D eigenvalue weighted by Crippen LogP contribution is 2.31. The molecule has 2 aromatic carbocycles. The van der Waals surface area contributed by atoms with Crippen LogP contribution in [0.25, 0.3) is 5.69 Å². The lowest BCUT2D eigenvalue weighted by Crippen LogP contribution is -2.50. The van der Waals surface area contributed by atoms with Gasteiger partial charge in [0.05, 0.1) is 17.1 Å². The van der Waals surface area contributed by atoms with Crippen molar-refractivity contribution in [2.45, 2.75) is 38.0 Å². The third-order valence-corrected chi connectivity index (χ3v) is 9.13. The first-order valence-electron chi connectivity index (χ1n) is 12.2. The van der Waals surface area contributed by atoms with Crippen LogP contribution in [0.3, 0.4) is 0 Å². The molecule has 0 spiro atoms. The minimum Gasteiger partial charge on any atom is -0.482 e. The van der Waals surface area contributed by atoms with Crippen LogP contribution in [0, 0.1) is 11.6 Å². The summed E-state index contributed by atoms with van der Waals surface area (Å²) in [4.78, 5) is 15.5. The van der Waals surface area contributed by atoms with E-state index in [-0.39, 0.29) is 30.3 Å². The smallest absolute Gasteiger partial charge is 0.316 e. The first-order valence-corrected chi connectivity index (χ1v) is 13.7. The molecule has 0 saturated carbocycles. The van der Waals surface area contributed by atoms with E-state index >= 15 is 0 Å². The SMILES string of the molecule is CC(C)S(=O)(=O)N1CCN(c2cnn(-c3cccc(F)c3)c(=O)c2OC2Cc3ccc(F)cc3C2)CC1. The number of aromatic nitrogens is 2. The summed E-state index contributed by atoms with van der Waals surface area (Å²) in [5.74, 6) is -0.780. The van der Waals surface area contributed by atoms with Gasteiger partial charge in [0.2, 0.25) is 15.8 Å². The van der Waals surface area contributed by atoms with Crippen LogP contribution in [0.1, 0.15) is 25.0 Å². The fourth-order valence-electron chi connectivity index (χ4n) is 4.84. The lowest BCUT2D eigenvalue weighted by atomic mass is 10.1. The zero-order valence-corrected chi connectivity index (χ0v) is 21.4. The molecule has 0 radical (unpaired) electrons. The summed E-state index contributed by atoms with van der Waals surface area (Å²) in [6, 6.07) is 10.2. The van der Waals surface area contributed by atoms with E-state index < -0.39 is 32.8 Å². The number of benzene rings is 2. The van der Waals surface area contributed by atoms with E-state index in [1.165, 1.54) is 40.8 Å². The van der Waals surface area contributed by atoms with Crippen LogP contribution in [0.5, 0.6) is 5.75 Å². The maximum atomic E-state index is 13.9. The lowest BCUT2D eigenvalue weighted by Gasteiger charge is -2.36. The topological polar surface area (TPSA) is 84.7 Å². The van der Waals surface area contributed by atoms with Crippen LogP contribution in [0.15, 0.2) is 53.5 Å². The van der Waals surface area contributed by atoms with E-state index in [1.807, 2.05) is 4.90 Å². The quantitative estimate of drug-likeness (QED) is 0.487. The lowest BCUT2D eigenvalue weighted by molar-refractivity contribution is 0.209. The van der Waals surface area contributed by atoms with E-state index in [0.717, 1.165) is 15.8 Å². The minimum atomic E-state index is -3.40. The Balaban J connectivity index is 1.47. The first-order chi connectivity index (χ1) is 17.6. The van der Waals surface area contributed by atoms with Crippen molar-refractivity contribution in [3.8, 4) is 11.4 Å². The van der Waals surface area contributed by atoms with E-state index in [2.05, 4.69) is 5.10 Å². The molecule has 0 N–H and O–H groups in total. The van der Waals surface area contributed by atoms with Crippen molar-refractivity contribution in [3.05, 3.63) is 81.8 Å². The van der Waals surface area contributed by atoms with E-state index in [9.17, 15) is 22.0 Å². The molecular weight excluding hydrogens is 502 g/mol. The molecule has 5 rings (SSSR count). The molecule has 1 aliphatic heterocycles. The van der Waals surface area contributed by atoms with Gasteiger partial charge in [-0.15, -0.1) is 0 Å². The van der Waals surface area contributed by atoms with Gasteiger partial charge in [-0.25, -0.2) is 17.2 Å². The third kappa shape index (κ3) is 4.97. The van der Waals surface area contributed by atoms with E-state index in [4.69, 9.17) is 4.74 Å². The van der Waals surface area contributed by atoms with E-state index in [1.54, 1.807) is 26.0 Å². The molecule has 0 bridgehead atoms. The van der Waals surface area contributed by atoms with Gasteiger partial charge in [0, 0.05) is 39.0 Å². The van der Waals surface area contributed by atoms with Crippen LogP contribution in [0.4, 0.5) is 14.5 Å². The number of nitrogens with zero attached hydrogens (tertiary/aromatic N) is 4. The molecule has 3 aromatic rings. The molecule has 1 unspecified atom stereocenters. The van der Waals surface area contributed by atoms with Gasteiger partial charge in [-0.3, -0.25) is 4.79 Å². The van der Waals surface area contributed by atoms with Crippen LogP contribution >= 0.6 is 0 Å². The van der Waals surface area contributed by atoms with Crippen LogP contribution in [0.2, 0.25) is 0 Å². The van der Waals surface area contributed by atoms with Gasteiger partial charge in [-0.05, 0) is 55.3 Å². The highest BCUT2D eigenvalue weighted by molar-refractivity contribution is 7.89. The number of sulfonamides is 1. The van der Waals surface area contributed by atoms with Crippen molar-refractivity contribution in [2.24, 2.45) is 0 Å². The van der Waals surface area contributed by atoms with Gasteiger partial charge >= 0.3 is 5.56 Å². The summed E-state index contributed by atoms with van der Waals surface area (Å²) in [6.45, 7) is 4.53. The summed E-state index contributed by atoms with van der Waals surface area (Å²) in [6.07, 6.45) is 2.05. The van der Waals surface area contributed by atoms with Gasteiger partial charge in [-0.1, -0.05) is 12.1 Å². The summed E-state index contributed by atoms with van der Waals surface area (Å²) in [5.41, 5.74) is 1.94. The zero-order chi connectivity index (χ0) is 26.3. The number of hydrogen-bond acceptors (Lipinski definition) is 6. The Morgan fingerprint density at radius 1 is 0.973 bits per heavy atom. The van der Waals surface area contributed by atoms with Crippen molar-refractivity contribution in [1.82, 2.24) is 14.1 Å². The maximum absolute atomic E-state index is 13.9. The molecule has 0 amide bonds. The molecule has 196 valence electrons. The van der Waals surface area contributed by atoms with Crippen LogP contribution in [-0.4, -0.2) is 60.0 Å². The second-order valence-corrected chi connectivity index (χ2v) is 12.1. The molecule has 2 aliphatic rings. The molecule has 1 atom stereocenters. The van der Waals surface area contributed by atoms with Crippen LogP contribution < -0.4 is 15.2 Å². The monoisotopic (exact) mass is 530 g/mol. The standard InChI is InChI=1S/C26H28F2N4O4S/c1-17(2)37(34,35)31-10-8-30(9-11-31)24-16-29-32(22-5-3-4-20(27)15-22)26(33)25(24)36-23-13-18-6-7-21(28)12-19(18)14-23/h3-7,12,15-17,23H,8-11,13-14H2,1-2H3. The number of piperazine rings is 1. The molecular formula is C26H28F2N4O4S. The normalized spacial score (nSPS) is 18.3. The number of anilines is 1. The predicted molar refractivity (Wildman–Crippen MR) is 136 cm³/mol. The second-order valence-electron chi connectivity index (χ2n) is 9.60. The Hall–Kier alpha value is -3.31. The zero-order valence-electron chi connectivity index (χ0n) is 20.6. The molecule has 2 heterocycles. The van der Waals surface area contributed by atoms with Gasteiger partial charge < -0.3 is 9.64 Å². The largest absolute Gasteiger partial charge is 0.482 e. The molecule has 1 aliphatic carbocycles. The Morgan fingerprint density at radius 2 is 1.68 bits per heavy atom. The number of ether oxygens (including phenoxy) is 1. The predicted octanol–water partition coefficient (Wildman–Crippen LogP) is 2.92. The van der Waals surface area contributed by atoms with Gasteiger partial charge in [0.25, 0.3) is 0 Å². The summed E-state index contributed by atoms with van der Waals surface area (Å²) >= 11 is 0. The summed E-state index contributed by atoms with van der Waals surface area (Å²) < 4.78 is 61.6. The number of halogens is 2. The number of rotatable bonds is 6. The maximum Gasteiger partial charge on any atom is 0.316 e.